The van der Waals surface area contributed by atoms with Gasteiger partial charge in [-0.3, -0.25) is 5.43 Å². The van der Waals surface area contributed by atoms with Crippen LogP contribution in [0.3, 0.4) is 0 Å². The van der Waals surface area contributed by atoms with Crippen LogP contribution in [0.4, 0.5) is 5.82 Å². The second kappa shape index (κ2) is 8.74. The van der Waals surface area contributed by atoms with Crippen LogP contribution in [0.25, 0.3) is 0 Å². The average Bonchev–Trinajstić information content (AvgIpc) is 2.71. The molecule has 0 saturated heterocycles. The van der Waals surface area contributed by atoms with Gasteiger partial charge in [0.2, 0.25) is 0 Å². The highest BCUT2D eigenvalue weighted by Gasteiger charge is 2.21. The normalized spacial score (nSPS) is 11.4. The van der Waals surface area contributed by atoms with E-state index in [2.05, 4.69) is 15.5 Å². The molecule has 7 nitrogen and oxygen atoms in total. The van der Waals surface area contributed by atoms with E-state index in [9.17, 15) is 8.42 Å². The van der Waals surface area contributed by atoms with Gasteiger partial charge in [0.1, 0.15) is 10.7 Å². The number of hydrogen-bond acceptors (Lipinski definition) is 7. The molecule has 29 heavy (non-hydrogen) atoms. The smallest absolute Gasteiger partial charge is 0.339 e. The third-order valence-corrected chi connectivity index (χ3v) is 5.44. The lowest BCUT2D eigenvalue weighted by molar-refractivity contribution is 0.390. The number of rotatable bonds is 7. The predicted molar refractivity (Wildman–Crippen MR) is 112 cm³/mol. The lowest BCUT2D eigenvalue weighted by Gasteiger charge is -2.13. The summed E-state index contributed by atoms with van der Waals surface area (Å²) in [6.07, 6.45) is 3.23. The van der Waals surface area contributed by atoms with Crippen molar-refractivity contribution < 1.29 is 17.3 Å². The van der Waals surface area contributed by atoms with Crippen LogP contribution in [0, 0.1) is 13.8 Å². The zero-order chi connectivity index (χ0) is 20.9. The maximum Gasteiger partial charge on any atom is 0.339 e. The molecule has 0 atom stereocenters. The van der Waals surface area contributed by atoms with Gasteiger partial charge >= 0.3 is 10.1 Å². The summed E-state index contributed by atoms with van der Waals surface area (Å²) in [5.41, 5.74) is 4.94. The standard InChI is InChI=1S/C21H21N3O4S/c1-15-7-8-16(2)20(12-15)29(25,26)28-18-10-9-17(13-19(18)27-3)14-23-24-21-6-4-5-11-22-21/h4-14H,1-3H3,(H,22,24)/b23-14-. The van der Waals surface area contributed by atoms with Gasteiger partial charge < -0.3 is 8.92 Å². The number of nitrogens with zero attached hydrogens (tertiary/aromatic N) is 2. The molecule has 0 spiro atoms. The molecule has 1 aromatic heterocycles. The van der Waals surface area contributed by atoms with Gasteiger partial charge in [0, 0.05) is 6.20 Å². The van der Waals surface area contributed by atoms with Crippen molar-refractivity contribution in [1.29, 1.82) is 0 Å². The largest absolute Gasteiger partial charge is 0.493 e. The summed E-state index contributed by atoms with van der Waals surface area (Å²) in [4.78, 5) is 4.23. The van der Waals surface area contributed by atoms with E-state index < -0.39 is 10.1 Å². The van der Waals surface area contributed by atoms with Crippen LogP contribution >= 0.6 is 0 Å². The fraction of sp³-hybridized carbons (Fsp3) is 0.143. The molecule has 3 aromatic rings. The molecule has 0 radical (unpaired) electrons. The Kier molecular flexibility index (Phi) is 6.13. The number of ether oxygens (including phenoxy) is 1. The Balaban J connectivity index is 1.81. The number of benzene rings is 2. The maximum absolute atomic E-state index is 12.7. The molecule has 2 aromatic carbocycles. The van der Waals surface area contributed by atoms with E-state index in [-0.39, 0.29) is 16.4 Å². The Morgan fingerprint density at radius 1 is 1.03 bits per heavy atom. The molecule has 1 heterocycles. The van der Waals surface area contributed by atoms with Gasteiger partial charge in [0.15, 0.2) is 11.5 Å². The summed E-state index contributed by atoms with van der Waals surface area (Å²) in [7, 11) is -2.55. The lowest BCUT2D eigenvalue weighted by Crippen LogP contribution is -2.12. The van der Waals surface area contributed by atoms with Gasteiger partial charge in [-0.05, 0) is 66.9 Å². The first-order valence-corrected chi connectivity index (χ1v) is 10.2. The molecule has 0 aliphatic heterocycles. The van der Waals surface area contributed by atoms with Crippen molar-refractivity contribution in [2.75, 3.05) is 12.5 Å². The highest BCUT2D eigenvalue weighted by Crippen LogP contribution is 2.31. The van der Waals surface area contributed by atoms with Crippen LogP contribution in [0.5, 0.6) is 11.5 Å². The van der Waals surface area contributed by atoms with Crippen molar-refractivity contribution >= 4 is 22.2 Å². The molecule has 0 aliphatic rings. The van der Waals surface area contributed by atoms with Crippen molar-refractivity contribution in [3.05, 3.63) is 77.5 Å². The third-order valence-electron chi connectivity index (χ3n) is 4.06. The van der Waals surface area contributed by atoms with Gasteiger partial charge in [-0.15, -0.1) is 0 Å². The van der Waals surface area contributed by atoms with Crippen molar-refractivity contribution in [2.24, 2.45) is 5.10 Å². The van der Waals surface area contributed by atoms with E-state index in [1.165, 1.54) is 13.2 Å². The lowest BCUT2D eigenvalue weighted by atomic mass is 10.2. The number of anilines is 1. The zero-order valence-corrected chi connectivity index (χ0v) is 17.1. The molecule has 0 aliphatic carbocycles. The molecule has 1 N–H and O–H groups in total. The highest BCUT2D eigenvalue weighted by atomic mass is 32.2. The number of nitrogens with one attached hydrogen (secondary N) is 1. The Hall–Kier alpha value is -3.39. The molecule has 0 saturated carbocycles. The summed E-state index contributed by atoms with van der Waals surface area (Å²) in [6, 6.07) is 15.5. The summed E-state index contributed by atoms with van der Waals surface area (Å²) < 4.78 is 36.1. The minimum Gasteiger partial charge on any atom is -0.493 e. The number of hydrogen-bond donors (Lipinski definition) is 1. The summed E-state index contributed by atoms with van der Waals surface area (Å²) in [5.74, 6) is 0.985. The second-order valence-corrected chi connectivity index (χ2v) is 7.82. The molecule has 0 bridgehead atoms. The van der Waals surface area contributed by atoms with Crippen LogP contribution < -0.4 is 14.3 Å². The molecule has 3 rings (SSSR count). The first kappa shape index (κ1) is 20.3. The van der Waals surface area contributed by atoms with Gasteiger partial charge in [0.05, 0.1) is 13.3 Å². The van der Waals surface area contributed by atoms with Crippen LogP contribution in [0.2, 0.25) is 0 Å². The van der Waals surface area contributed by atoms with E-state index in [1.807, 2.05) is 25.1 Å². The Labute approximate surface area is 170 Å². The van der Waals surface area contributed by atoms with E-state index in [0.717, 1.165) is 5.56 Å². The Morgan fingerprint density at radius 2 is 1.86 bits per heavy atom. The van der Waals surface area contributed by atoms with Crippen molar-refractivity contribution in [3.8, 4) is 11.5 Å². The van der Waals surface area contributed by atoms with Gasteiger partial charge in [-0.25, -0.2) is 4.98 Å². The van der Waals surface area contributed by atoms with Crippen LogP contribution in [0.1, 0.15) is 16.7 Å². The van der Waals surface area contributed by atoms with E-state index in [1.54, 1.807) is 49.7 Å². The quantitative estimate of drug-likeness (QED) is 0.360. The van der Waals surface area contributed by atoms with Gasteiger partial charge in [0.25, 0.3) is 0 Å². The van der Waals surface area contributed by atoms with Crippen molar-refractivity contribution in [3.63, 3.8) is 0 Å². The predicted octanol–water partition coefficient (Wildman–Crippen LogP) is 3.92. The van der Waals surface area contributed by atoms with Gasteiger partial charge in [-0.2, -0.15) is 13.5 Å². The maximum atomic E-state index is 12.7. The molecular formula is C21H21N3O4S. The first-order chi connectivity index (χ1) is 13.9. The topological polar surface area (TPSA) is 89.9 Å². The van der Waals surface area contributed by atoms with Crippen LogP contribution in [-0.4, -0.2) is 26.7 Å². The minimum absolute atomic E-state index is 0.100. The number of aromatic nitrogens is 1. The molecule has 150 valence electrons. The average molecular weight is 411 g/mol. The monoisotopic (exact) mass is 411 g/mol. The van der Waals surface area contributed by atoms with Gasteiger partial charge in [-0.1, -0.05) is 18.2 Å². The Morgan fingerprint density at radius 3 is 2.59 bits per heavy atom. The third kappa shape index (κ3) is 5.11. The molecule has 8 heteroatoms. The number of pyridine rings is 1. The van der Waals surface area contributed by atoms with E-state index >= 15 is 0 Å². The van der Waals surface area contributed by atoms with Crippen LogP contribution in [-0.2, 0) is 10.1 Å². The van der Waals surface area contributed by atoms with Crippen molar-refractivity contribution in [2.45, 2.75) is 18.7 Å². The first-order valence-electron chi connectivity index (χ1n) is 8.79. The molecule has 0 unspecified atom stereocenters. The minimum atomic E-state index is -4.00. The van der Waals surface area contributed by atoms with E-state index in [0.29, 0.717) is 16.9 Å². The number of methoxy groups -OCH3 is 1. The SMILES string of the molecule is COc1cc(/C=N\Nc2ccccn2)ccc1OS(=O)(=O)c1cc(C)ccc1C. The van der Waals surface area contributed by atoms with Crippen LogP contribution in [0.15, 0.2) is 70.8 Å². The zero-order valence-electron chi connectivity index (χ0n) is 16.3. The fourth-order valence-electron chi connectivity index (χ4n) is 2.57. The van der Waals surface area contributed by atoms with Crippen molar-refractivity contribution in [1.82, 2.24) is 4.98 Å². The molecular weight excluding hydrogens is 390 g/mol. The van der Waals surface area contributed by atoms with E-state index in [4.69, 9.17) is 8.92 Å². The Bertz CT molecular complexity index is 1130. The fourth-order valence-corrected chi connectivity index (χ4v) is 3.83. The highest BCUT2D eigenvalue weighted by molar-refractivity contribution is 7.87. The number of hydrazone groups is 1. The molecule has 0 fully saturated rings. The summed E-state index contributed by atoms with van der Waals surface area (Å²) in [6.45, 7) is 3.55. The molecule has 0 amide bonds. The second-order valence-electron chi connectivity index (χ2n) is 6.30. The number of aryl methyl sites for hydroxylation is 2. The summed E-state index contributed by atoms with van der Waals surface area (Å²) >= 11 is 0. The summed E-state index contributed by atoms with van der Waals surface area (Å²) in [5, 5.41) is 4.11.